The number of piperidine rings is 1. The predicted octanol–water partition coefficient (Wildman–Crippen LogP) is 4.08. The van der Waals surface area contributed by atoms with Crippen LogP contribution in [0.25, 0.3) is 0 Å². The van der Waals surface area contributed by atoms with Crippen molar-refractivity contribution in [3.8, 4) is 0 Å². The second-order valence-electron chi connectivity index (χ2n) is 7.64. The van der Waals surface area contributed by atoms with Gasteiger partial charge in [0.15, 0.2) is 0 Å². The first-order valence-electron chi connectivity index (χ1n) is 9.33. The van der Waals surface area contributed by atoms with Crippen LogP contribution in [0.4, 0.5) is 0 Å². The molecular weight excluding hydrogens is 244 g/mol. The minimum atomic E-state index is 0.362. The molecule has 1 heterocycles. The molecule has 1 aliphatic heterocycles. The average molecular weight is 278 g/mol. The fraction of sp³-hybridized carbons (Fsp3) is 1.00. The van der Waals surface area contributed by atoms with Gasteiger partial charge in [0.05, 0.1) is 0 Å². The third kappa shape index (κ3) is 2.92. The van der Waals surface area contributed by atoms with Gasteiger partial charge in [-0.3, -0.25) is 4.90 Å². The van der Waals surface area contributed by atoms with Gasteiger partial charge in [-0.05, 0) is 51.0 Å². The summed E-state index contributed by atoms with van der Waals surface area (Å²) in [5, 5.41) is 0. The van der Waals surface area contributed by atoms with Crippen LogP contribution in [0.2, 0.25) is 0 Å². The highest BCUT2D eigenvalue weighted by Gasteiger charge is 2.43. The third-order valence-electron chi connectivity index (χ3n) is 6.52. The van der Waals surface area contributed by atoms with Crippen LogP contribution in [-0.4, -0.2) is 29.6 Å². The molecule has 1 saturated heterocycles. The van der Waals surface area contributed by atoms with Crippen LogP contribution in [0, 0.1) is 5.92 Å². The first-order chi connectivity index (χ1) is 9.86. The lowest BCUT2D eigenvalue weighted by Crippen LogP contribution is -2.62. The van der Waals surface area contributed by atoms with Crippen molar-refractivity contribution in [1.82, 2.24) is 4.90 Å². The second-order valence-corrected chi connectivity index (χ2v) is 7.64. The molecule has 0 bridgehead atoms. The van der Waals surface area contributed by atoms with E-state index in [4.69, 9.17) is 5.73 Å². The number of hydrogen-bond donors (Lipinski definition) is 1. The summed E-state index contributed by atoms with van der Waals surface area (Å²) in [7, 11) is 0. The Hall–Kier alpha value is -0.0800. The second kappa shape index (κ2) is 6.79. The predicted molar refractivity (Wildman–Crippen MR) is 85.8 cm³/mol. The molecule has 2 aliphatic carbocycles. The van der Waals surface area contributed by atoms with Crippen molar-refractivity contribution >= 4 is 0 Å². The number of fused-ring (bicyclic) bond motifs is 1. The molecular formula is C18H34N2. The zero-order valence-electron chi connectivity index (χ0n) is 13.3. The van der Waals surface area contributed by atoms with Gasteiger partial charge >= 0.3 is 0 Å². The van der Waals surface area contributed by atoms with E-state index in [1.165, 1.54) is 90.0 Å². The zero-order valence-corrected chi connectivity index (χ0v) is 13.3. The Morgan fingerprint density at radius 1 is 0.800 bits per heavy atom. The number of nitrogens with zero attached hydrogens (tertiary/aromatic N) is 1. The SMILES string of the molecule is NCC1(N2CCC[C@H]3CCCC[C@H]32)CCCCCCC1. The first kappa shape index (κ1) is 14.8. The van der Waals surface area contributed by atoms with E-state index in [0.717, 1.165) is 18.5 Å². The minimum absolute atomic E-state index is 0.362. The van der Waals surface area contributed by atoms with E-state index >= 15 is 0 Å². The summed E-state index contributed by atoms with van der Waals surface area (Å²) in [4.78, 5) is 2.94. The summed E-state index contributed by atoms with van der Waals surface area (Å²) in [6.07, 6.45) is 18.7. The smallest absolute Gasteiger partial charge is 0.0334 e. The maximum Gasteiger partial charge on any atom is 0.0334 e. The molecule has 0 aromatic carbocycles. The van der Waals surface area contributed by atoms with Crippen molar-refractivity contribution in [3.63, 3.8) is 0 Å². The van der Waals surface area contributed by atoms with E-state index in [9.17, 15) is 0 Å². The molecule has 0 aromatic rings. The van der Waals surface area contributed by atoms with Crippen molar-refractivity contribution in [2.75, 3.05) is 13.1 Å². The van der Waals surface area contributed by atoms with E-state index in [1.54, 1.807) is 0 Å². The van der Waals surface area contributed by atoms with Crippen LogP contribution in [0.1, 0.15) is 83.5 Å². The molecule has 0 amide bonds. The van der Waals surface area contributed by atoms with Gasteiger partial charge in [-0.25, -0.2) is 0 Å². The fourth-order valence-corrected chi connectivity index (χ4v) is 5.39. The van der Waals surface area contributed by atoms with Crippen molar-refractivity contribution < 1.29 is 0 Å². The Kier molecular flexibility index (Phi) is 5.04. The molecule has 0 spiro atoms. The van der Waals surface area contributed by atoms with Crippen LogP contribution >= 0.6 is 0 Å². The van der Waals surface area contributed by atoms with Crippen LogP contribution in [0.5, 0.6) is 0 Å². The minimum Gasteiger partial charge on any atom is -0.329 e. The van der Waals surface area contributed by atoms with Gasteiger partial charge in [-0.15, -0.1) is 0 Å². The molecule has 3 fully saturated rings. The zero-order chi connectivity index (χ0) is 13.8. The normalized spacial score (nSPS) is 35.9. The monoisotopic (exact) mass is 278 g/mol. The number of rotatable bonds is 2. The summed E-state index contributed by atoms with van der Waals surface area (Å²) < 4.78 is 0. The highest BCUT2D eigenvalue weighted by atomic mass is 15.2. The Labute approximate surface area is 125 Å². The topological polar surface area (TPSA) is 29.3 Å². The molecule has 2 saturated carbocycles. The summed E-state index contributed by atoms with van der Waals surface area (Å²) in [5.41, 5.74) is 6.73. The average Bonchev–Trinajstić information content (AvgIpc) is 2.48. The standard InChI is InChI=1S/C18H34N2/c19-15-18(12-6-2-1-3-7-13-18)20-14-8-10-16-9-4-5-11-17(16)20/h16-17H,1-15,19H2/t16-,17-/m1/s1. The van der Waals surface area contributed by atoms with Crippen LogP contribution in [0.15, 0.2) is 0 Å². The largest absolute Gasteiger partial charge is 0.329 e. The third-order valence-corrected chi connectivity index (χ3v) is 6.52. The maximum atomic E-state index is 6.37. The Bertz CT molecular complexity index is 292. The van der Waals surface area contributed by atoms with E-state index in [-0.39, 0.29) is 0 Å². The lowest BCUT2D eigenvalue weighted by molar-refractivity contribution is -0.0378. The molecule has 3 rings (SSSR count). The molecule has 3 aliphatic rings. The van der Waals surface area contributed by atoms with Gasteiger partial charge < -0.3 is 5.73 Å². The van der Waals surface area contributed by atoms with E-state index in [1.807, 2.05) is 0 Å². The Balaban J connectivity index is 1.78. The fourth-order valence-electron chi connectivity index (χ4n) is 5.39. The summed E-state index contributed by atoms with van der Waals surface area (Å²) in [6, 6.07) is 0.875. The van der Waals surface area contributed by atoms with E-state index in [0.29, 0.717) is 5.54 Å². The van der Waals surface area contributed by atoms with Crippen LogP contribution in [0.3, 0.4) is 0 Å². The Morgan fingerprint density at radius 2 is 1.45 bits per heavy atom. The molecule has 0 radical (unpaired) electrons. The quantitative estimate of drug-likeness (QED) is 0.824. The molecule has 2 N–H and O–H groups in total. The van der Waals surface area contributed by atoms with Gasteiger partial charge in [0.2, 0.25) is 0 Å². The van der Waals surface area contributed by atoms with Gasteiger partial charge in [0.1, 0.15) is 0 Å². The number of likely N-dealkylation sites (tertiary alicyclic amines) is 1. The molecule has 20 heavy (non-hydrogen) atoms. The van der Waals surface area contributed by atoms with E-state index in [2.05, 4.69) is 4.90 Å². The summed E-state index contributed by atoms with van der Waals surface area (Å²) in [5.74, 6) is 0.992. The molecule has 2 heteroatoms. The van der Waals surface area contributed by atoms with Crippen LogP contribution < -0.4 is 5.73 Å². The van der Waals surface area contributed by atoms with Gasteiger partial charge in [-0.1, -0.05) is 44.9 Å². The van der Waals surface area contributed by atoms with Crippen molar-refractivity contribution in [1.29, 1.82) is 0 Å². The highest BCUT2D eigenvalue weighted by molar-refractivity contribution is 5.00. The van der Waals surface area contributed by atoms with Gasteiger partial charge in [0.25, 0.3) is 0 Å². The Morgan fingerprint density at radius 3 is 2.20 bits per heavy atom. The lowest BCUT2D eigenvalue weighted by Gasteiger charge is -2.54. The number of nitrogens with two attached hydrogens (primary N) is 1. The van der Waals surface area contributed by atoms with Gasteiger partial charge in [-0.2, -0.15) is 0 Å². The van der Waals surface area contributed by atoms with Crippen molar-refractivity contribution in [2.45, 2.75) is 95.1 Å². The van der Waals surface area contributed by atoms with Crippen molar-refractivity contribution in [3.05, 3.63) is 0 Å². The molecule has 2 nitrogen and oxygen atoms in total. The molecule has 2 atom stereocenters. The van der Waals surface area contributed by atoms with Crippen molar-refractivity contribution in [2.24, 2.45) is 11.7 Å². The maximum absolute atomic E-state index is 6.37. The molecule has 0 unspecified atom stereocenters. The molecule has 116 valence electrons. The number of hydrogen-bond acceptors (Lipinski definition) is 2. The van der Waals surface area contributed by atoms with E-state index < -0.39 is 0 Å². The summed E-state index contributed by atoms with van der Waals surface area (Å²) in [6.45, 7) is 2.23. The highest BCUT2D eigenvalue weighted by Crippen LogP contribution is 2.42. The van der Waals surface area contributed by atoms with Gasteiger partial charge in [0, 0.05) is 18.1 Å². The molecule has 0 aromatic heterocycles. The van der Waals surface area contributed by atoms with Crippen LogP contribution in [-0.2, 0) is 0 Å². The summed E-state index contributed by atoms with van der Waals surface area (Å²) >= 11 is 0. The lowest BCUT2D eigenvalue weighted by atomic mass is 9.73. The first-order valence-corrected chi connectivity index (χ1v) is 9.33.